The molecule has 5 nitrogen and oxygen atoms in total. The van der Waals surface area contributed by atoms with Gasteiger partial charge in [-0.15, -0.1) is 11.3 Å². The van der Waals surface area contributed by atoms with Crippen molar-refractivity contribution in [3.63, 3.8) is 0 Å². The number of halogens is 1. The molecular weight excluding hydrogens is 330 g/mol. The molecule has 3 heterocycles. The lowest BCUT2D eigenvalue weighted by molar-refractivity contribution is -0.132. The number of nitrogens with zero attached hydrogens (tertiary/aromatic N) is 3. The van der Waals surface area contributed by atoms with Gasteiger partial charge in [0.2, 0.25) is 5.91 Å². The minimum atomic E-state index is 0.109. The van der Waals surface area contributed by atoms with Gasteiger partial charge in [-0.2, -0.15) is 0 Å². The highest BCUT2D eigenvalue weighted by atomic mass is 35.5. The van der Waals surface area contributed by atoms with Crippen LogP contribution in [0.3, 0.4) is 0 Å². The zero-order valence-corrected chi connectivity index (χ0v) is 13.9. The average molecular weight is 344 g/mol. The lowest BCUT2D eigenvalue weighted by Crippen LogP contribution is -2.41. The minimum Gasteiger partial charge on any atom is -0.378 e. The fraction of sp³-hybridized carbons (Fsp3) is 0.462. The summed E-state index contributed by atoms with van der Waals surface area (Å²) in [5.74, 6) is 0.468. The molecule has 0 unspecified atom stereocenters. The molecule has 112 valence electrons. The quantitative estimate of drug-likeness (QED) is 0.633. The van der Waals surface area contributed by atoms with E-state index in [0.717, 1.165) is 20.1 Å². The number of thiophene rings is 1. The molecule has 0 N–H and O–H groups in total. The van der Waals surface area contributed by atoms with Crippen LogP contribution in [0, 0.1) is 6.92 Å². The second-order valence-corrected chi connectivity index (χ2v) is 7.16. The first-order valence-corrected chi connectivity index (χ1v) is 8.72. The Morgan fingerprint density at radius 1 is 1.48 bits per heavy atom. The van der Waals surface area contributed by atoms with Crippen molar-refractivity contribution in [1.29, 1.82) is 0 Å². The highest BCUT2D eigenvalue weighted by Crippen LogP contribution is 2.38. The number of carbonyl (C=O) groups is 1. The van der Waals surface area contributed by atoms with Gasteiger partial charge in [0.1, 0.15) is 16.2 Å². The molecular formula is C13H14ClN3O2S2. The molecule has 1 amide bonds. The number of aryl methyl sites for hydroxylation is 1. The molecule has 0 atom stereocenters. The maximum Gasteiger partial charge on any atom is 0.233 e. The number of hydrogen-bond acceptors (Lipinski definition) is 6. The third kappa shape index (κ3) is 3.15. The van der Waals surface area contributed by atoms with E-state index in [0.29, 0.717) is 37.1 Å². The van der Waals surface area contributed by atoms with Crippen LogP contribution in [0.15, 0.2) is 11.4 Å². The number of hydrogen-bond donors (Lipinski definition) is 0. The number of fused-ring (bicyclic) bond motifs is 1. The van der Waals surface area contributed by atoms with Crippen molar-refractivity contribution >= 4 is 50.8 Å². The molecule has 0 aliphatic carbocycles. The maximum absolute atomic E-state index is 12.2. The van der Waals surface area contributed by atoms with Gasteiger partial charge in [0.15, 0.2) is 0 Å². The largest absolute Gasteiger partial charge is 0.378 e. The molecule has 8 heteroatoms. The maximum atomic E-state index is 12.2. The molecule has 3 rings (SSSR count). The monoisotopic (exact) mass is 343 g/mol. The Balaban J connectivity index is 1.74. The van der Waals surface area contributed by atoms with Gasteiger partial charge in [-0.25, -0.2) is 9.97 Å². The van der Waals surface area contributed by atoms with Gasteiger partial charge in [0, 0.05) is 18.0 Å². The second kappa shape index (κ2) is 6.48. The highest BCUT2D eigenvalue weighted by molar-refractivity contribution is 8.00. The minimum absolute atomic E-state index is 0.109. The normalized spacial score (nSPS) is 15.6. The van der Waals surface area contributed by atoms with Crippen molar-refractivity contribution in [1.82, 2.24) is 14.9 Å². The summed E-state index contributed by atoms with van der Waals surface area (Å²) in [6.07, 6.45) is 1.52. The summed E-state index contributed by atoms with van der Waals surface area (Å²) < 4.78 is 5.25. The van der Waals surface area contributed by atoms with Crippen LogP contribution in [-0.4, -0.2) is 52.8 Å². The average Bonchev–Trinajstić information content (AvgIpc) is 2.81. The van der Waals surface area contributed by atoms with Gasteiger partial charge in [0.05, 0.1) is 29.4 Å². The Labute approximate surface area is 135 Å². The van der Waals surface area contributed by atoms with Gasteiger partial charge in [-0.1, -0.05) is 23.4 Å². The third-order valence-corrected chi connectivity index (χ3v) is 5.82. The summed E-state index contributed by atoms with van der Waals surface area (Å²) in [6, 6.07) is 0. The van der Waals surface area contributed by atoms with E-state index in [1.165, 1.54) is 18.1 Å². The topological polar surface area (TPSA) is 55.3 Å². The van der Waals surface area contributed by atoms with Crippen LogP contribution in [0.1, 0.15) is 4.88 Å². The van der Waals surface area contributed by atoms with Crippen molar-refractivity contribution in [2.75, 3.05) is 32.1 Å². The fourth-order valence-electron chi connectivity index (χ4n) is 2.13. The SMILES string of the molecule is Cc1sc2ncnc(SCC(=O)N3CCOCC3)c2c1Cl. The summed E-state index contributed by atoms with van der Waals surface area (Å²) in [5, 5.41) is 2.33. The first-order valence-electron chi connectivity index (χ1n) is 6.54. The van der Waals surface area contributed by atoms with Gasteiger partial charge in [0.25, 0.3) is 0 Å². The van der Waals surface area contributed by atoms with E-state index in [-0.39, 0.29) is 5.91 Å². The zero-order chi connectivity index (χ0) is 14.8. The molecule has 1 aliphatic rings. The highest BCUT2D eigenvalue weighted by Gasteiger charge is 2.19. The number of carbonyl (C=O) groups excluding carboxylic acids is 1. The molecule has 0 aromatic carbocycles. The summed E-state index contributed by atoms with van der Waals surface area (Å²) in [4.78, 5) is 24.4. The summed E-state index contributed by atoms with van der Waals surface area (Å²) in [5.41, 5.74) is 0. The Kier molecular flexibility index (Phi) is 4.63. The Bertz CT molecular complexity index is 671. The molecule has 0 bridgehead atoms. The van der Waals surface area contributed by atoms with E-state index in [2.05, 4.69) is 9.97 Å². The number of aromatic nitrogens is 2. The first-order chi connectivity index (χ1) is 10.2. The molecule has 0 spiro atoms. The van der Waals surface area contributed by atoms with E-state index in [4.69, 9.17) is 16.3 Å². The summed E-state index contributed by atoms with van der Waals surface area (Å²) in [7, 11) is 0. The van der Waals surface area contributed by atoms with E-state index in [1.807, 2.05) is 11.8 Å². The first kappa shape index (κ1) is 15.0. The second-order valence-electron chi connectivity index (χ2n) is 4.61. The number of thioether (sulfide) groups is 1. The van der Waals surface area contributed by atoms with Gasteiger partial charge < -0.3 is 9.64 Å². The van der Waals surface area contributed by atoms with E-state index < -0.39 is 0 Å². The number of amides is 1. The van der Waals surface area contributed by atoms with Crippen LogP contribution in [0.2, 0.25) is 5.02 Å². The van der Waals surface area contributed by atoms with Gasteiger partial charge >= 0.3 is 0 Å². The fourth-order valence-corrected chi connectivity index (χ4v) is 4.39. The Hall–Kier alpha value is -0.890. The lowest BCUT2D eigenvalue weighted by Gasteiger charge is -2.26. The Morgan fingerprint density at radius 3 is 3.00 bits per heavy atom. The predicted molar refractivity (Wildman–Crippen MR) is 85.3 cm³/mol. The van der Waals surface area contributed by atoms with Crippen LogP contribution >= 0.6 is 34.7 Å². The molecule has 1 saturated heterocycles. The van der Waals surface area contributed by atoms with E-state index in [9.17, 15) is 4.79 Å². The van der Waals surface area contributed by atoms with Crippen molar-refractivity contribution in [2.24, 2.45) is 0 Å². The van der Waals surface area contributed by atoms with Crippen molar-refractivity contribution in [3.05, 3.63) is 16.2 Å². The smallest absolute Gasteiger partial charge is 0.233 e. The summed E-state index contributed by atoms with van der Waals surface area (Å²) >= 11 is 9.28. The van der Waals surface area contributed by atoms with E-state index >= 15 is 0 Å². The zero-order valence-electron chi connectivity index (χ0n) is 11.5. The van der Waals surface area contributed by atoms with Crippen LogP contribution in [0.25, 0.3) is 10.2 Å². The number of rotatable bonds is 3. The van der Waals surface area contributed by atoms with Gasteiger partial charge in [-0.3, -0.25) is 4.79 Å². The standard InChI is InChI=1S/C13H14ClN3O2S2/c1-8-11(14)10-12(15-7-16-13(10)21-8)20-6-9(18)17-2-4-19-5-3-17/h7H,2-6H2,1H3. The van der Waals surface area contributed by atoms with E-state index in [1.54, 1.807) is 11.3 Å². The Morgan fingerprint density at radius 2 is 2.24 bits per heavy atom. The predicted octanol–water partition coefficient (Wildman–Crippen LogP) is 2.60. The van der Waals surface area contributed by atoms with Crippen LogP contribution in [0.4, 0.5) is 0 Å². The molecule has 0 saturated carbocycles. The van der Waals surface area contributed by atoms with Crippen molar-refractivity contribution in [3.8, 4) is 0 Å². The molecule has 2 aromatic heterocycles. The van der Waals surface area contributed by atoms with Crippen LogP contribution in [-0.2, 0) is 9.53 Å². The van der Waals surface area contributed by atoms with Crippen molar-refractivity contribution < 1.29 is 9.53 Å². The van der Waals surface area contributed by atoms with Crippen LogP contribution < -0.4 is 0 Å². The molecule has 0 radical (unpaired) electrons. The molecule has 2 aromatic rings. The molecule has 1 fully saturated rings. The van der Waals surface area contributed by atoms with Crippen LogP contribution in [0.5, 0.6) is 0 Å². The van der Waals surface area contributed by atoms with Gasteiger partial charge in [-0.05, 0) is 6.92 Å². The molecule has 1 aliphatic heterocycles. The summed E-state index contributed by atoms with van der Waals surface area (Å²) in [6.45, 7) is 4.52. The third-order valence-electron chi connectivity index (χ3n) is 3.25. The lowest BCUT2D eigenvalue weighted by atomic mass is 10.4. The number of ether oxygens (including phenoxy) is 1. The van der Waals surface area contributed by atoms with Crippen molar-refractivity contribution in [2.45, 2.75) is 11.9 Å². The number of morpholine rings is 1. The molecule has 21 heavy (non-hydrogen) atoms.